The van der Waals surface area contributed by atoms with Crippen molar-refractivity contribution in [1.82, 2.24) is 0 Å². The summed E-state index contributed by atoms with van der Waals surface area (Å²) in [5.41, 5.74) is 0. The van der Waals surface area contributed by atoms with E-state index in [1.165, 1.54) is 6.92 Å². The zero-order chi connectivity index (χ0) is 5.70. The fourth-order valence-corrected chi connectivity index (χ4v) is 0.189. The van der Waals surface area contributed by atoms with E-state index in [0.29, 0.717) is 0 Å². The van der Waals surface area contributed by atoms with Crippen LogP contribution in [0.5, 0.6) is 0 Å². The van der Waals surface area contributed by atoms with Gasteiger partial charge in [0.2, 0.25) is 0 Å². The Bertz CT molecular complexity index is 64.3. The van der Waals surface area contributed by atoms with E-state index >= 15 is 0 Å². The average molecular weight is 305 g/mol. The molecule has 0 saturated heterocycles. The predicted molar refractivity (Wildman–Crippen MR) is 23.7 cm³/mol. The third-order valence-corrected chi connectivity index (χ3v) is 0.397. The molecule has 0 aromatic carbocycles. The molecule has 8 heavy (non-hydrogen) atoms. The molecule has 0 rings (SSSR count). The van der Waals surface area contributed by atoms with Crippen molar-refractivity contribution in [3.63, 3.8) is 0 Å². The van der Waals surface area contributed by atoms with Crippen molar-refractivity contribution in [1.29, 1.82) is 0 Å². The summed E-state index contributed by atoms with van der Waals surface area (Å²) >= 11 is 0. The molecule has 4 heteroatoms. The van der Waals surface area contributed by atoms with Gasteiger partial charge in [-0.2, -0.15) is 0 Å². The van der Waals surface area contributed by atoms with Gasteiger partial charge in [-0.1, -0.05) is 0 Å². The first-order valence-electron chi connectivity index (χ1n) is 2.01. The SMILES string of the molecule is CC(=O)OCCO.[Hg]. The van der Waals surface area contributed by atoms with Crippen LogP contribution in [0.3, 0.4) is 0 Å². The summed E-state index contributed by atoms with van der Waals surface area (Å²) in [6, 6.07) is 0. The monoisotopic (exact) mass is 306 g/mol. The Labute approximate surface area is 68.5 Å². The van der Waals surface area contributed by atoms with E-state index in [2.05, 4.69) is 4.74 Å². The van der Waals surface area contributed by atoms with Gasteiger partial charge in [-0.05, 0) is 0 Å². The van der Waals surface area contributed by atoms with Crippen LogP contribution in [0.2, 0.25) is 0 Å². The van der Waals surface area contributed by atoms with Gasteiger partial charge in [-0.3, -0.25) is 4.79 Å². The first kappa shape index (κ1) is 11.2. The summed E-state index contributed by atoms with van der Waals surface area (Å²) in [5.74, 6) is -0.353. The van der Waals surface area contributed by atoms with Gasteiger partial charge in [-0.15, -0.1) is 0 Å². The van der Waals surface area contributed by atoms with Gasteiger partial charge in [-0.25, -0.2) is 0 Å². The molecule has 3 nitrogen and oxygen atoms in total. The van der Waals surface area contributed by atoms with Crippen LogP contribution in [0.15, 0.2) is 0 Å². The van der Waals surface area contributed by atoms with Crippen LogP contribution < -0.4 is 0 Å². The Morgan fingerprint density at radius 3 is 2.38 bits per heavy atom. The summed E-state index contributed by atoms with van der Waals surface area (Å²) in [7, 11) is 0. The molecule has 0 unspecified atom stereocenters. The number of hydrogen-bond donors (Lipinski definition) is 1. The van der Waals surface area contributed by atoms with Crippen LogP contribution in [0.4, 0.5) is 0 Å². The topological polar surface area (TPSA) is 46.5 Å². The normalized spacial score (nSPS) is 7.25. The van der Waals surface area contributed by atoms with Gasteiger partial charge in [0.05, 0.1) is 6.61 Å². The first-order valence-corrected chi connectivity index (χ1v) is 2.01. The molecule has 0 radical (unpaired) electrons. The van der Waals surface area contributed by atoms with Crippen molar-refractivity contribution in [3.05, 3.63) is 0 Å². The largest absolute Gasteiger partial charge is 0.463 e. The van der Waals surface area contributed by atoms with E-state index in [1.54, 1.807) is 0 Å². The van der Waals surface area contributed by atoms with E-state index in [4.69, 9.17) is 5.11 Å². The van der Waals surface area contributed by atoms with Crippen LogP contribution in [-0.4, -0.2) is 24.3 Å². The van der Waals surface area contributed by atoms with Crippen LogP contribution in [0.1, 0.15) is 6.92 Å². The maximum Gasteiger partial charge on any atom is 0.302 e. The number of aliphatic hydroxyl groups excluding tert-OH is 1. The first-order chi connectivity index (χ1) is 3.27. The summed E-state index contributed by atoms with van der Waals surface area (Å²) < 4.78 is 4.30. The molecule has 0 aliphatic carbocycles. The number of hydrogen-bond acceptors (Lipinski definition) is 3. The zero-order valence-electron chi connectivity index (χ0n) is 4.89. The standard InChI is InChI=1S/C4H8O3.Hg/c1-4(6)7-3-2-5;/h5H,2-3H2,1H3;. The molecule has 0 spiro atoms. The van der Waals surface area contributed by atoms with Gasteiger partial charge in [0.25, 0.3) is 0 Å². The van der Waals surface area contributed by atoms with Crippen molar-refractivity contribution < 1.29 is 42.3 Å². The Morgan fingerprint density at radius 1 is 1.75 bits per heavy atom. The number of aliphatic hydroxyl groups is 1. The van der Waals surface area contributed by atoms with Gasteiger partial charge in [0.1, 0.15) is 6.61 Å². The molecular formula is C4H8HgO3. The number of ether oxygens (including phenoxy) is 1. The molecule has 44 valence electrons. The van der Waals surface area contributed by atoms with E-state index in [-0.39, 0.29) is 46.9 Å². The second kappa shape index (κ2) is 7.37. The average Bonchev–Trinajstić information content (AvgIpc) is 1.61. The number of carbonyl (C=O) groups excluding carboxylic acids is 1. The van der Waals surface area contributed by atoms with E-state index < -0.39 is 0 Å². The third-order valence-electron chi connectivity index (χ3n) is 0.397. The minimum Gasteiger partial charge on any atom is -0.463 e. The second-order valence-electron chi connectivity index (χ2n) is 1.06. The van der Waals surface area contributed by atoms with Gasteiger partial charge in [0, 0.05) is 34.6 Å². The van der Waals surface area contributed by atoms with Crippen molar-refractivity contribution in [2.24, 2.45) is 0 Å². The molecule has 0 bridgehead atoms. The van der Waals surface area contributed by atoms with Crippen LogP contribution in [0.25, 0.3) is 0 Å². The van der Waals surface area contributed by atoms with E-state index in [1.807, 2.05) is 0 Å². The zero-order valence-corrected chi connectivity index (χ0v) is 10.4. The maximum absolute atomic E-state index is 9.87. The van der Waals surface area contributed by atoms with Crippen molar-refractivity contribution in [3.8, 4) is 0 Å². The molecule has 0 saturated carbocycles. The van der Waals surface area contributed by atoms with Crippen molar-refractivity contribution in [2.45, 2.75) is 6.92 Å². The molecule has 0 aromatic heterocycles. The van der Waals surface area contributed by atoms with E-state index in [0.717, 1.165) is 0 Å². The third kappa shape index (κ3) is 9.62. The van der Waals surface area contributed by atoms with Crippen molar-refractivity contribution >= 4 is 5.97 Å². The minimum atomic E-state index is -0.353. The minimum absolute atomic E-state index is 0. The van der Waals surface area contributed by atoms with Gasteiger partial charge in [0.15, 0.2) is 0 Å². The Kier molecular flexibility index (Phi) is 10.3. The molecule has 0 aromatic rings. The smallest absolute Gasteiger partial charge is 0.302 e. The molecule has 0 aliphatic rings. The maximum atomic E-state index is 9.87. The fraction of sp³-hybridized carbons (Fsp3) is 0.750. The van der Waals surface area contributed by atoms with Crippen molar-refractivity contribution in [2.75, 3.05) is 13.2 Å². The molecule has 0 heterocycles. The Hall–Kier alpha value is 0.365. The van der Waals surface area contributed by atoms with Gasteiger partial charge < -0.3 is 9.84 Å². The number of esters is 1. The molecule has 0 atom stereocenters. The molecule has 0 aliphatic heterocycles. The van der Waals surface area contributed by atoms with Crippen LogP contribution in [-0.2, 0) is 37.2 Å². The Morgan fingerprint density at radius 2 is 2.25 bits per heavy atom. The van der Waals surface area contributed by atoms with Crippen LogP contribution >= 0.6 is 0 Å². The fourth-order valence-electron chi connectivity index (χ4n) is 0.189. The predicted octanol–water partition coefficient (Wildman–Crippen LogP) is -0.461. The van der Waals surface area contributed by atoms with Gasteiger partial charge >= 0.3 is 5.97 Å². The summed E-state index contributed by atoms with van der Waals surface area (Å²) in [6.45, 7) is 1.31. The molecular weight excluding hydrogens is 297 g/mol. The molecule has 0 amide bonds. The molecule has 0 fully saturated rings. The summed E-state index contributed by atoms with van der Waals surface area (Å²) in [5, 5.41) is 8.04. The second-order valence-corrected chi connectivity index (χ2v) is 1.06. The molecule has 1 N–H and O–H groups in total. The summed E-state index contributed by atoms with van der Waals surface area (Å²) in [4.78, 5) is 9.87. The van der Waals surface area contributed by atoms with Crippen LogP contribution in [0, 0.1) is 0 Å². The number of carbonyl (C=O) groups is 1. The summed E-state index contributed by atoms with van der Waals surface area (Å²) in [6.07, 6.45) is 0. The van der Waals surface area contributed by atoms with E-state index in [9.17, 15) is 4.79 Å². The quantitative estimate of drug-likeness (QED) is 0.555. The Balaban J connectivity index is 0. The number of rotatable bonds is 2.